The fourth-order valence-corrected chi connectivity index (χ4v) is 2.96. The Balaban J connectivity index is 1.83. The molecular formula is C20H19ClN4OS. The summed E-state index contributed by atoms with van der Waals surface area (Å²) < 4.78 is 5.39. The molecule has 0 bridgehead atoms. The highest BCUT2D eigenvalue weighted by atomic mass is 35.5. The van der Waals surface area contributed by atoms with Crippen molar-refractivity contribution in [1.29, 1.82) is 0 Å². The third-order valence-corrected chi connectivity index (χ3v) is 4.44. The molecule has 0 radical (unpaired) electrons. The molecular weight excluding hydrogens is 380 g/mol. The Bertz CT molecular complexity index is 851. The first-order valence-corrected chi connectivity index (χ1v) is 9.13. The summed E-state index contributed by atoms with van der Waals surface area (Å²) in [4.78, 5) is 10.8. The fourth-order valence-electron chi connectivity index (χ4n) is 2.55. The Morgan fingerprint density at radius 3 is 2.19 bits per heavy atom. The monoisotopic (exact) mass is 398 g/mol. The molecule has 0 saturated carbocycles. The van der Waals surface area contributed by atoms with E-state index in [0.29, 0.717) is 34.7 Å². The van der Waals surface area contributed by atoms with Crippen molar-refractivity contribution in [2.45, 2.75) is 13.1 Å². The van der Waals surface area contributed by atoms with Gasteiger partial charge in [-0.25, -0.2) is 0 Å². The largest absolute Gasteiger partial charge is 0.495 e. The number of methoxy groups -OCH3 is 1. The van der Waals surface area contributed by atoms with Crippen molar-refractivity contribution in [3.05, 3.63) is 83.4 Å². The lowest BCUT2D eigenvalue weighted by molar-refractivity contribution is 0.400. The van der Waals surface area contributed by atoms with Crippen LogP contribution in [0.4, 0.5) is 5.69 Å². The van der Waals surface area contributed by atoms with Gasteiger partial charge in [-0.05, 0) is 54.7 Å². The highest BCUT2D eigenvalue weighted by molar-refractivity contribution is 7.80. The smallest absolute Gasteiger partial charge is 0.174 e. The summed E-state index contributed by atoms with van der Waals surface area (Å²) in [5, 5.41) is 4.37. The van der Waals surface area contributed by atoms with Crippen molar-refractivity contribution in [2.75, 3.05) is 12.4 Å². The van der Waals surface area contributed by atoms with Crippen LogP contribution in [0.3, 0.4) is 0 Å². The lowest BCUT2D eigenvalue weighted by Crippen LogP contribution is -2.34. The molecule has 3 rings (SSSR count). The number of benzene rings is 1. The SMILES string of the molecule is COc1ccc(Cl)cc1NC(=S)N(Cc1ccccn1)Cc1ccccn1. The summed E-state index contributed by atoms with van der Waals surface area (Å²) in [6.07, 6.45) is 3.54. The van der Waals surface area contributed by atoms with Crippen LogP contribution in [0, 0.1) is 0 Å². The van der Waals surface area contributed by atoms with Crippen LogP contribution in [-0.2, 0) is 13.1 Å². The van der Waals surface area contributed by atoms with Gasteiger partial charge >= 0.3 is 0 Å². The maximum atomic E-state index is 6.12. The molecule has 0 aliphatic carbocycles. The van der Waals surface area contributed by atoms with Crippen LogP contribution in [0.15, 0.2) is 67.0 Å². The van der Waals surface area contributed by atoms with E-state index in [2.05, 4.69) is 15.3 Å². The molecule has 27 heavy (non-hydrogen) atoms. The molecule has 7 heteroatoms. The second-order valence-electron chi connectivity index (χ2n) is 5.77. The van der Waals surface area contributed by atoms with Gasteiger partial charge in [0.1, 0.15) is 5.75 Å². The molecule has 3 aromatic rings. The summed E-state index contributed by atoms with van der Waals surface area (Å²) in [5.41, 5.74) is 2.54. The number of rotatable bonds is 6. The molecule has 0 fully saturated rings. The first-order valence-electron chi connectivity index (χ1n) is 8.35. The number of anilines is 1. The molecule has 0 saturated heterocycles. The number of ether oxygens (including phenoxy) is 1. The Kier molecular flexibility index (Phi) is 6.57. The average Bonchev–Trinajstić information content (AvgIpc) is 2.69. The van der Waals surface area contributed by atoms with Crippen LogP contribution in [-0.4, -0.2) is 27.1 Å². The molecule has 2 aromatic heterocycles. The zero-order valence-electron chi connectivity index (χ0n) is 14.8. The Morgan fingerprint density at radius 2 is 1.67 bits per heavy atom. The molecule has 1 N–H and O–H groups in total. The van der Waals surface area contributed by atoms with E-state index in [9.17, 15) is 0 Å². The van der Waals surface area contributed by atoms with E-state index >= 15 is 0 Å². The molecule has 0 amide bonds. The molecule has 138 valence electrons. The van der Waals surface area contributed by atoms with E-state index in [1.165, 1.54) is 0 Å². The summed E-state index contributed by atoms with van der Waals surface area (Å²) in [6, 6.07) is 17.0. The van der Waals surface area contributed by atoms with Gasteiger partial charge in [-0.15, -0.1) is 0 Å². The molecule has 0 spiro atoms. The standard InChI is InChI=1S/C20H19ClN4OS/c1-26-19-9-8-15(21)12-18(19)24-20(27)25(13-16-6-2-4-10-22-16)14-17-7-3-5-11-23-17/h2-12H,13-14H2,1H3,(H,24,27). The minimum Gasteiger partial charge on any atom is -0.495 e. The predicted octanol–water partition coefficient (Wildman–Crippen LogP) is 4.54. The first kappa shape index (κ1) is 19.1. The van der Waals surface area contributed by atoms with Crippen molar-refractivity contribution in [2.24, 2.45) is 0 Å². The van der Waals surface area contributed by atoms with E-state index < -0.39 is 0 Å². The number of pyridine rings is 2. The van der Waals surface area contributed by atoms with Crippen LogP contribution in [0.1, 0.15) is 11.4 Å². The minimum atomic E-state index is 0.534. The van der Waals surface area contributed by atoms with Crippen LogP contribution in [0.5, 0.6) is 5.75 Å². The van der Waals surface area contributed by atoms with Gasteiger partial charge in [0.2, 0.25) is 0 Å². The van der Waals surface area contributed by atoms with E-state index in [4.69, 9.17) is 28.6 Å². The highest BCUT2D eigenvalue weighted by Crippen LogP contribution is 2.28. The van der Waals surface area contributed by atoms with Gasteiger partial charge in [-0.1, -0.05) is 23.7 Å². The van der Waals surface area contributed by atoms with Crippen LogP contribution < -0.4 is 10.1 Å². The topological polar surface area (TPSA) is 50.3 Å². The Labute approximate surface area is 169 Å². The van der Waals surface area contributed by atoms with Gasteiger partial charge in [-0.2, -0.15) is 0 Å². The van der Waals surface area contributed by atoms with Gasteiger partial charge in [0, 0.05) is 17.4 Å². The molecule has 0 unspecified atom stereocenters. The maximum absolute atomic E-state index is 6.12. The summed E-state index contributed by atoms with van der Waals surface area (Å²) in [5.74, 6) is 0.664. The van der Waals surface area contributed by atoms with Crippen LogP contribution in [0.25, 0.3) is 0 Å². The molecule has 1 aromatic carbocycles. The van der Waals surface area contributed by atoms with Gasteiger partial charge in [0.05, 0.1) is 37.3 Å². The second kappa shape index (κ2) is 9.30. The summed E-state index contributed by atoms with van der Waals surface area (Å²) >= 11 is 11.8. The number of hydrogen-bond acceptors (Lipinski definition) is 4. The third kappa shape index (κ3) is 5.39. The number of thiocarbonyl (C=S) groups is 1. The normalized spacial score (nSPS) is 10.3. The zero-order valence-corrected chi connectivity index (χ0v) is 16.4. The predicted molar refractivity (Wildman–Crippen MR) is 112 cm³/mol. The number of aromatic nitrogens is 2. The van der Waals surface area contributed by atoms with E-state index in [0.717, 1.165) is 11.4 Å². The molecule has 0 aliphatic heterocycles. The quantitative estimate of drug-likeness (QED) is 0.615. The van der Waals surface area contributed by atoms with Crippen molar-refractivity contribution >= 4 is 34.6 Å². The number of nitrogens with one attached hydrogen (secondary N) is 1. The van der Waals surface area contributed by atoms with Gasteiger partial charge in [-0.3, -0.25) is 9.97 Å². The molecule has 0 aliphatic rings. The fraction of sp³-hybridized carbons (Fsp3) is 0.150. The maximum Gasteiger partial charge on any atom is 0.174 e. The zero-order chi connectivity index (χ0) is 19.1. The highest BCUT2D eigenvalue weighted by Gasteiger charge is 2.15. The van der Waals surface area contributed by atoms with Crippen molar-refractivity contribution in [1.82, 2.24) is 14.9 Å². The first-order chi connectivity index (χ1) is 13.2. The van der Waals surface area contributed by atoms with Gasteiger partial charge in [0.25, 0.3) is 0 Å². The second-order valence-corrected chi connectivity index (χ2v) is 6.60. The van der Waals surface area contributed by atoms with Crippen molar-refractivity contribution in [3.8, 4) is 5.75 Å². The minimum absolute atomic E-state index is 0.534. The van der Waals surface area contributed by atoms with Crippen LogP contribution in [0.2, 0.25) is 5.02 Å². The molecule has 0 atom stereocenters. The van der Waals surface area contributed by atoms with Crippen molar-refractivity contribution < 1.29 is 4.74 Å². The number of hydrogen-bond donors (Lipinski definition) is 1. The van der Waals surface area contributed by atoms with Crippen molar-refractivity contribution in [3.63, 3.8) is 0 Å². The van der Waals surface area contributed by atoms with E-state index in [-0.39, 0.29) is 0 Å². The van der Waals surface area contributed by atoms with E-state index in [1.54, 1.807) is 37.7 Å². The Morgan fingerprint density at radius 1 is 1.04 bits per heavy atom. The summed E-state index contributed by atoms with van der Waals surface area (Å²) in [7, 11) is 1.61. The molecule has 2 heterocycles. The third-order valence-electron chi connectivity index (χ3n) is 3.85. The summed E-state index contributed by atoms with van der Waals surface area (Å²) in [6.45, 7) is 1.10. The van der Waals surface area contributed by atoms with Gasteiger partial charge in [0.15, 0.2) is 5.11 Å². The lowest BCUT2D eigenvalue weighted by atomic mass is 10.2. The van der Waals surface area contributed by atoms with E-state index in [1.807, 2.05) is 41.3 Å². The average molecular weight is 399 g/mol. The lowest BCUT2D eigenvalue weighted by Gasteiger charge is -2.26. The van der Waals surface area contributed by atoms with Gasteiger partial charge < -0.3 is 15.0 Å². The Hall–Kier alpha value is -2.70. The van der Waals surface area contributed by atoms with Crippen LogP contribution >= 0.6 is 23.8 Å². The number of halogens is 1. The number of nitrogens with zero attached hydrogens (tertiary/aromatic N) is 3. The molecule has 5 nitrogen and oxygen atoms in total.